The SMILES string of the molecule is FC(F)(F)Oc1ccccc1CNCC1CCSCC1. The highest BCUT2D eigenvalue weighted by Crippen LogP contribution is 2.26. The second-order valence-electron chi connectivity index (χ2n) is 4.84. The summed E-state index contributed by atoms with van der Waals surface area (Å²) >= 11 is 1.96. The molecule has 1 aromatic carbocycles. The van der Waals surface area contributed by atoms with Gasteiger partial charge in [-0.05, 0) is 42.9 Å². The van der Waals surface area contributed by atoms with Gasteiger partial charge in [-0.25, -0.2) is 0 Å². The molecule has 0 spiro atoms. The fourth-order valence-corrected chi connectivity index (χ4v) is 3.44. The van der Waals surface area contributed by atoms with Crippen molar-refractivity contribution in [2.45, 2.75) is 25.7 Å². The van der Waals surface area contributed by atoms with Crippen LogP contribution in [0.5, 0.6) is 5.75 Å². The van der Waals surface area contributed by atoms with Crippen molar-refractivity contribution in [3.8, 4) is 5.75 Å². The van der Waals surface area contributed by atoms with Gasteiger partial charge in [-0.2, -0.15) is 11.8 Å². The first kappa shape index (κ1) is 15.5. The van der Waals surface area contributed by atoms with Crippen LogP contribution in [0.4, 0.5) is 13.2 Å². The predicted molar refractivity (Wildman–Crippen MR) is 74.9 cm³/mol. The number of hydrogen-bond acceptors (Lipinski definition) is 3. The first-order chi connectivity index (χ1) is 9.54. The van der Waals surface area contributed by atoms with E-state index in [4.69, 9.17) is 0 Å². The monoisotopic (exact) mass is 305 g/mol. The van der Waals surface area contributed by atoms with Gasteiger partial charge in [0.25, 0.3) is 0 Å². The van der Waals surface area contributed by atoms with E-state index >= 15 is 0 Å². The zero-order valence-electron chi connectivity index (χ0n) is 11.1. The van der Waals surface area contributed by atoms with E-state index in [1.54, 1.807) is 18.2 Å². The summed E-state index contributed by atoms with van der Waals surface area (Å²) in [5.74, 6) is 2.87. The molecule has 2 nitrogen and oxygen atoms in total. The third-order valence-electron chi connectivity index (χ3n) is 3.29. The Balaban J connectivity index is 1.85. The Labute approximate surface area is 121 Å². The molecule has 1 heterocycles. The molecule has 6 heteroatoms. The van der Waals surface area contributed by atoms with E-state index in [1.807, 2.05) is 11.8 Å². The molecule has 0 bridgehead atoms. The molecule has 0 atom stereocenters. The molecule has 0 radical (unpaired) electrons. The van der Waals surface area contributed by atoms with E-state index in [2.05, 4.69) is 10.1 Å². The molecule has 0 aliphatic carbocycles. The van der Waals surface area contributed by atoms with Gasteiger partial charge in [0.2, 0.25) is 0 Å². The van der Waals surface area contributed by atoms with Gasteiger partial charge in [0.1, 0.15) is 5.75 Å². The minimum Gasteiger partial charge on any atom is -0.405 e. The maximum Gasteiger partial charge on any atom is 0.573 e. The molecule has 0 amide bonds. The van der Waals surface area contributed by atoms with Crippen LogP contribution in [0.2, 0.25) is 0 Å². The minimum atomic E-state index is -4.64. The van der Waals surface area contributed by atoms with Crippen LogP contribution >= 0.6 is 11.8 Å². The molecule has 1 aliphatic heterocycles. The van der Waals surface area contributed by atoms with Gasteiger partial charge in [0.05, 0.1) is 0 Å². The molecule has 0 aromatic heterocycles. The number of benzene rings is 1. The normalized spacial score (nSPS) is 17.1. The molecule has 1 fully saturated rings. The van der Waals surface area contributed by atoms with Gasteiger partial charge >= 0.3 is 6.36 Å². The lowest BCUT2D eigenvalue weighted by molar-refractivity contribution is -0.274. The maximum atomic E-state index is 12.3. The Morgan fingerprint density at radius 1 is 1.20 bits per heavy atom. The summed E-state index contributed by atoms with van der Waals surface area (Å²) in [6.45, 7) is 1.25. The molecule has 1 aliphatic rings. The summed E-state index contributed by atoms with van der Waals surface area (Å²) in [5, 5.41) is 3.24. The largest absolute Gasteiger partial charge is 0.573 e. The van der Waals surface area contributed by atoms with E-state index in [1.165, 1.54) is 30.4 Å². The number of halogens is 3. The van der Waals surface area contributed by atoms with Gasteiger partial charge in [-0.1, -0.05) is 18.2 Å². The first-order valence-electron chi connectivity index (χ1n) is 6.67. The number of rotatable bonds is 5. The number of hydrogen-bond donors (Lipinski definition) is 1. The Morgan fingerprint density at radius 3 is 2.60 bits per heavy atom. The van der Waals surface area contributed by atoms with Gasteiger partial charge < -0.3 is 10.1 Å². The third-order valence-corrected chi connectivity index (χ3v) is 4.34. The van der Waals surface area contributed by atoms with Gasteiger partial charge in [0.15, 0.2) is 0 Å². The van der Waals surface area contributed by atoms with Gasteiger partial charge in [-0.3, -0.25) is 0 Å². The highest BCUT2D eigenvalue weighted by atomic mass is 32.2. The van der Waals surface area contributed by atoms with E-state index in [0.717, 1.165) is 6.54 Å². The highest BCUT2D eigenvalue weighted by Gasteiger charge is 2.31. The molecular weight excluding hydrogens is 287 g/mol. The molecule has 112 valence electrons. The standard InChI is InChI=1S/C14H18F3NOS/c15-14(16,17)19-13-4-2-1-3-12(13)10-18-9-11-5-7-20-8-6-11/h1-4,11,18H,5-10H2. The van der Waals surface area contributed by atoms with Crippen LogP contribution in [0.3, 0.4) is 0 Å². The second-order valence-corrected chi connectivity index (χ2v) is 6.07. The van der Waals surface area contributed by atoms with Crippen molar-refractivity contribution in [1.29, 1.82) is 0 Å². The first-order valence-corrected chi connectivity index (χ1v) is 7.82. The van der Waals surface area contributed by atoms with Crippen molar-refractivity contribution >= 4 is 11.8 Å². The Kier molecular flexibility index (Phi) is 5.60. The van der Waals surface area contributed by atoms with Crippen LogP contribution in [-0.2, 0) is 6.54 Å². The average molecular weight is 305 g/mol. The third kappa shape index (κ3) is 5.25. The van der Waals surface area contributed by atoms with Crippen LogP contribution in [0.15, 0.2) is 24.3 Å². The fourth-order valence-electron chi connectivity index (χ4n) is 2.24. The molecule has 2 rings (SSSR count). The van der Waals surface area contributed by atoms with Crippen molar-refractivity contribution in [1.82, 2.24) is 5.32 Å². The summed E-state index contributed by atoms with van der Waals surface area (Å²) in [6.07, 6.45) is -2.28. The van der Waals surface area contributed by atoms with Gasteiger partial charge in [-0.15, -0.1) is 13.2 Å². The molecule has 0 saturated carbocycles. The summed E-state index contributed by atoms with van der Waals surface area (Å²) in [4.78, 5) is 0. The number of thioether (sulfide) groups is 1. The Bertz CT molecular complexity index is 419. The fraction of sp³-hybridized carbons (Fsp3) is 0.571. The molecule has 20 heavy (non-hydrogen) atoms. The van der Waals surface area contributed by atoms with Crippen molar-refractivity contribution in [2.75, 3.05) is 18.1 Å². The summed E-state index contributed by atoms with van der Waals surface area (Å²) in [6, 6.07) is 6.27. The van der Waals surface area contributed by atoms with Crippen molar-refractivity contribution in [3.63, 3.8) is 0 Å². The van der Waals surface area contributed by atoms with Crippen LogP contribution < -0.4 is 10.1 Å². The number of nitrogens with one attached hydrogen (secondary N) is 1. The van der Waals surface area contributed by atoms with E-state index < -0.39 is 6.36 Å². The van der Waals surface area contributed by atoms with Gasteiger partial charge in [0, 0.05) is 12.1 Å². The van der Waals surface area contributed by atoms with E-state index in [0.29, 0.717) is 18.0 Å². The topological polar surface area (TPSA) is 21.3 Å². The van der Waals surface area contributed by atoms with Crippen molar-refractivity contribution in [2.24, 2.45) is 5.92 Å². The zero-order chi connectivity index (χ0) is 14.4. The molecule has 1 N–H and O–H groups in total. The van der Waals surface area contributed by atoms with Crippen LogP contribution in [0.1, 0.15) is 18.4 Å². The lowest BCUT2D eigenvalue weighted by Crippen LogP contribution is -2.26. The van der Waals surface area contributed by atoms with E-state index in [-0.39, 0.29) is 5.75 Å². The van der Waals surface area contributed by atoms with Crippen LogP contribution in [-0.4, -0.2) is 24.4 Å². The average Bonchev–Trinajstić information content (AvgIpc) is 2.40. The number of ether oxygens (including phenoxy) is 1. The zero-order valence-corrected chi connectivity index (χ0v) is 11.9. The maximum absolute atomic E-state index is 12.3. The summed E-state index contributed by atoms with van der Waals surface area (Å²) in [7, 11) is 0. The molecule has 1 saturated heterocycles. The van der Waals surface area contributed by atoms with Crippen LogP contribution in [0.25, 0.3) is 0 Å². The quantitative estimate of drug-likeness (QED) is 0.893. The summed E-state index contributed by atoms with van der Waals surface area (Å²) < 4.78 is 40.9. The summed E-state index contributed by atoms with van der Waals surface area (Å²) in [5.41, 5.74) is 0.537. The molecular formula is C14H18F3NOS. The second kappa shape index (κ2) is 7.22. The predicted octanol–water partition coefficient (Wildman–Crippen LogP) is 3.82. The Morgan fingerprint density at radius 2 is 1.90 bits per heavy atom. The van der Waals surface area contributed by atoms with Crippen molar-refractivity contribution < 1.29 is 17.9 Å². The number of alkyl halides is 3. The Hall–Kier alpha value is -0.880. The lowest BCUT2D eigenvalue weighted by atomic mass is 10.0. The smallest absolute Gasteiger partial charge is 0.405 e. The van der Waals surface area contributed by atoms with E-state index in [9.17, 15) is 13.2 Å². The highest BCUT2D eigenvalue weighted by molar-refractivity contribution is 7.99. The molecule has 0 unspecified atom stereocenters. The minimum absolute atomic E-state index is 0.119. The lowest BCUT2D eigenvalue weighted by Gasteiger charge is -2.22. The molecule has 1 aromatic rings. The van der Waals surface area contributed by atoms with Crippen LogP contribution in [0, 0.1) is 5.92 Å². The van der Waals surface area contributed by atoms with Crippen molar-refractivity contribution in [3.05, 3.63) is 29.8 Å². The number of para-hydroxylation sites is 1.